The molecule has 0 aromatic carbocycles. The minimum absolute atomic E-state index is 0.231. The second kappa shape index (κ2) is 6.38. The summed E-state index contributed by atoms with van der Waals surface area (Å²) in [5, 5.41) is 12.7. The topological polar surface area (TPSA) is 41.5 Å². The van der Waals surface area contributed by atoms with E-state index >= 15 is 0 Å². The van der Waals surface area contributed by atoms with Crippen LogP contribution in [-0.2, 0) is 4.74 Å². The van der Waals surface area contributed by atoms with Crippen LogP contribution in [-0.4, -0.2) is 37.0 Å². The Labute approximate surface area is 86.8 Å². The molecule has 1 rings (SSSR count). The number of aliphatic hydroxyl groups excluding tert-OH is 1. The second-order valence-corrected chi connectivity index (χ2v) is 4.44. The fourth-order valence-electron chi connectivity index (χ4n) is 1.83. The second-order valence-electron chi connectivity index (χ2n) is 4.44. The lowest BCUT2D eigenvalue weighted by molar-refractivity contribution is 0.140. The van der Waals surface area contributed by atoms with Gasteiger partial charge in [-0.1, -0.05) is 13.8 Å². The maximum absolute atomic E-state index is 9.20. The third-order valence-electron chi connectivity index (χ3n) is 2.90. The average molecular weight is 201 g/mol. The number of rotatable bonds is 4. The molecule has 1 fully saturated rings. The van der Waals surface area contributed by atoms with E-state index in [-0.39, 0.29) is 12.6 Å². The first-order valence-corrected chi connectivity index (χ1v) is 5.68. The van der Waals surface area contributed by atoms with Crippen LogP contribution in [0, 0.1) is 5.92 Å². The summed E-state index contributed by atoms with van der Waals surface area (Å²) in [6.45, 7) is 6.26. The lowest BCUT2D eigenvalue weighted by atomic mass is 10.0. The van der Waals surface area contributed by atoms with Gasteiger partial charge in [0, 0.05) is 25.3 Å². The van der Waals surface area contributed by atoms with Crippen molar-refractivity contribution in [1.29, 1.82) is 0 Å². The molecule has 1 aliphatic rings. The van der Waals surface area contributed by atoms with E-state index in [2.05, 4.69) is 19.2 Å². The highest BCUT2D eigenvalue weighted by Crippen LogP contribution is 2.11. The molecule has 0 aromatic rings. The van der Waals surface area contributed by atoms with Gasteiger partial charge in [-0.3, -0.25) is 0 Å². The van der Waals surface area contributed by atoms with Crippen molar-refractivity contribution in [2.45, 2.75) is 45.2 Å². The predicted molar refractivity (Wildman–Crippen MR) is 57.3 cm³/mol. The summed E-state index contributed by atoms with van der Waals surface area (Å²) in [7, 11) is 0. The van der Waals surface area contributed by atoms with Crippen molar-refractivity contribution in [3.63, 3.8) is 0 Å². The molecule has 14 heavy (non-hydrogen) atoms. The van der Waals surface area contributed by atoms with E-state index in [4.69, 9.17) is 4.74 Å². The number of ether oxygens (including phenoxy) is 1. The van der Waals surface area contributed by atoms with Crippen molar-refractivity contribution in [3.8, 4) is 0 Å². The van der Waals surface area contributed by atoms with Crippen molar-refractivity contribution in [2.24, 2.45) is 5.92 Å². The first-order valence-electron chi connectivity index (χ1n) is 5.68. The molecule has 2 atom stereocenters. The molecule has 2 N–H and O–H groups in total. The third-order valence-corrected chi connectivity index (χ3v) is 2.90. The van der Waals surface area contributed by atoms with Gasteiger partial charge in [-0.2, -0.15) is 0 Å². The zero-order chi connectivity index (χ0) is 10.4. The van der Waals surface area contributed by atoms with Gasteiger partial charge in [0.15, 0.2) is 0 Å². The first kappa shape index (κ1) is 12.0. The van der Waals surface area contributed by atoms with Crippen LogP contribution in [0.5, 0.6) is 0 Å². The van der Waals surface area contributed by atoms with Gasteiger partial charge >= 0.3 is 0 Å². The van der Waals surface area contributed by atoms with E-state index in [0.29, 0.717) is 12.0 Å². The Bertz CT molecular complexity index is 142. The predicted octanol–water partition coefficient (Wildman–Crippen LogP) is 1.16. The Balaban J connectivity index is 2.32. The van der Waals surface area contributed by atoms with E-state index in [1.54, 1.807) is 0 Å². The van der Waals surface area contributed by atoms with E-state index in [1.165, 1.54) is 6.42 Å². The van der Waals surface area contributed by atoms with Crippen LogP contribution in [0.2, 0.25) is 0 Å². The van der Waals surface area contributed by atoms with Gasteiger partial charge < -0.3 is 15.2 Å². The molecule has 3 heteroatoms. The molecule has 1 heterocycles. The standard InChI is InChI=1S/C11H23NO2/c1-9(2)11(8-13)12-10-4-3-6-14-7-5-10/h9-13H,3-8H2,1-2H3/t10?,11-/m1/s1. The van der Waals surface area contributed by atoms with E-state index in [0.717, 1.165) is 26.1 Å². The first-order chi connectivity index (χ1) is 6.74. The maximum Gasteiger partial charge on any atom is 0.0587 e. The molecule has 1 saturated heterocycles. The minimum Gasteiger partial charge on any atom is -0.395 e. The molecular formula is C11H23NO2. The average Bonchev–Trinajstić information content (AvgIpc) is 2.41. The SMILES string of the molecule is CC(C)[C@@H](CO)NC1CCCOCC1. The third kappa shape index (κ3) is 3.95. The molecule has 0 saturated carbocycles. The summed E-state index contributed by atoms with van der Waals surface area (Å²) in [6, 6.07) is 0.759. The molecule has 0 amide bonds. The minimum atomic E-state index is 0.231. The summed E-state index contributed by atoms with van der Waals surface area (Å²) < 4.78 is 5.40. The lowest BCUT2D eigenvalue weighted by Gasteiger charge is -2.25. The van der Waals surface area contributed by atoms with Crippen LogP contribution in [0.1, 0.15) is 33.1 Å². The van der Waals surface area contributed by atoms with Crippen molar-refractivity contribution in [2.75, 3.05) is 19.8 Å². The molecular weight excluding hydrogens is 178 g/mol. The van der Waals surface area contributed by atoms with Crippen molar-refractivity contribution in [3.05, 3.63) is 0 Å². The summed E-state index contributed by atoms with van der Waals surface area (Å²) >= 11 is 0. The molecule has 1 unspecified atom stereocenters. The zero-order valence-electron chi connectivity index (χ0n) is 9.33. The van der Waals surface area contributed by atoms with Gasteiger partial charge in [0.25, 0.3) is 0 Å². The summed E-state index contributed by atoms with van der Waals surface area (Å²) in [4.78, 5) is 0. The Kier molecular flexibility index (Phi) is 5.45. The smallest absolute Gasteiger partial charge is 0.0587 e. The molecule has 0 radical (unpaired) electrons. The van der Waals surface area contributed by atoms with Gasteiger partial charge in [0.2, 0.25) is 0 Å². The molecule has 1 aliphatic heterocycles. The molecule has 84 valence electrons. The van der Waals surface area contributed by atoms with Crippen LogP contribution >= 0.6 is 0 Å². The van der Waals surface area contributed by atoms with E-state index in [9.17, 15) is 5.11 Å². The van der Waals surface area contributed by atoms with Crippen LogP contribution in [0.3, 0.4) is 0 Å². The van der Waals surface area contributed by atoms with Crippen LogP contribution in [0.25, 0.3) is 0 Å². The van der Waals surface area contributed by atoms with Crippen molar-refractivity contribution in [1.82, 2.24) is 5.32 Å². The Hall–Kier alpha value is -0.120. The molecule has 3 nitrogen and oxygen atoms in total. The lowest BCUT2D eigenvalue weighted by Crippen LogP contribution is -2.43. The van der Waals surface area contributed by atoms with Crippen molar-refractivity contribution < 1.29 is 9.84 Å². The Morgan fingerprint density at radius 2 is 2.14 bits per heavy atom. The highest BCUT2D eigenvalue weighted by molar-refractivity contribution is 4.77. The summed E-state index contributed by atoms with van der Waals surface area (Å²) in [5.41, 5.74) is 0. The van der Waals surface area contributed by atoms with Gasteiger partial charge in [-0.15, -0.1) is 0 Å². The van der Waals surface area contributed by atoms with Crippen LogP contribution in [0.4, 0.5) is 0 Å². The Morgan fingerprint density at radius 1 is 1.36 bits per heavy atom. The van der Waals surface area contributed by atoms with Gasteiger partial charge in [0.1, 0.15) is 0 Å². The van der Waals surface area contributed by atoms with E-state index < -0.39 is 0 Å². The monoisotopic (exact) mass is 201 g/mol. The summed E-state index contributed by atoms with van der Waals surface area (Å²) in [5.74, 6) is 0.490. The van der Waals surface area contributed by atoms with Gasteiger partial charge in [-0.25, -0.2) is 0 Å². The van der Waals surface area contributed by atoms with Crippen molar-refractivity contribution >= 4 is 0 Å². The number of hydrogen-bond acceptors (Lipinski definition) is 3. The van der Waals surface area contributed by atoms with Gasteiger partial charge in [-0.05, 0) is 25.2 Å². The zero-order valence-corrected chi connectivity index (χ0v) is 9.33. The summed E-state index contributed by atoms with van der Waals surface area (Å²) in [6.07, 6.45) is 3.38. The molecule has 0 aromatic heterocycles. The maximum atomic E-state index is 9.20. The largest absolute Gasteiger partial charge is 0.395 e. The number of nitrogens with one attached hydrogen (secondary N) is 1. The molecule has 0 spiro atoms. The van der Waals surface area contributed by atoms with E-state index in [1.807, 2.05) is 0 Å². The van der Waals surface area contributed by atoms with Crippen LogP contribution < -0.4 is 5.32 Å². The van der Waals surface area contributed by atoms with Crippen LogP contribution in [0.15, 0.2) is 0 Å². The molecule has 0 aliphatic carbocycles. The highest BCUT2D eigenvalue weighted by atomic mass is 16.5. The van der Waals surface area contributed by atoms with Gasteiger partial charge in [0.05, 0.1) is 6.61 Å². The Morgan fingerprint density at radius 3 is 2.79 bits per heavy atom. The quantitative estimate of drug-likeness (QED) is 0.717. The fraction of sp³-hybridized carbons (Fsp3) is 1.00. The fourth-order valence-corrected chi connectivity index (χ4v) is 1.83. The normalized spacial score (nSPS) is 26.1. The number of hydrogen-bond donors (Lipinski definition) is 2. The number of aliphatic hydroxyl groups is 1. The highest BCUT2D eigenvalue weighted by Gasteiger charge is 2.18. The molecule has 0 bridgehead atoms.